The van der Waals surface area contributed by atoms with E-state index >= 15 is 0 Å². The van der Waals surface area contributed by atoms with Crippen LogP contribution in [-0.2, 0) is 4.57 Å². The molecule has 2 rings (SSSR count). The third-order valence-electron chi connectivity index (χ3n) is 2.73. The quantitative estimate of drug-likeness (QED) is 0.766. The van der Waals surface area contributed by atoms with Gasteiger partial charge >= 0.3 is 0 Å². The van der Waals surface area contributed by atoms with E-state index in [0.29, 0.717) is 13.2 Å². The molecule has 0 spiro atoms. The Labute approximate surface area is 120 Å². The summed E-state index contributed by atoms with van der Waals surface area (Å²) in [4.78, 5) is 0. The van der Waals surface area contributed by atoms with Gasteiger partial charge in [0.1, 0.15) is 19.3 Å². The maximum atomic E-state index is 12.6. The van der Waals surface area contributed by atoms with E-state index in [1.807, 2.05) is 62.4 Å². The van der Waals surface area contributed by atoms with Gasteiger partial charge in [-0.1, -0.05) is 12.1 Å². The Morgan fingerprint density at radius 3 is 1.70 bits per heavy atom. The van der Waals surface area contributed by atoms with Crippen LogP contribution in [0.4, 0.5) is 0 Å². The highest BCUT2D eigenvalue weighted by atomic mass is 31.1. The van der Waals surface area contributed by atoms with Crippen LogP contribution < -0.4 is 20.1 Å². The molecule has 2 aromatic carbocycles. The Kier molecular flexibility index (Phi) is 5.14. The molecule has 0 aliphatic rings. The van der Waals surface area contributed by atoms with Crippen molar-refractivity contribution >= 4 is 18.4 Å². The minimum Gasteiger partial charge on any atom is -0.494 e. The first-order valence-corrected chi connectivity index (χ1v) is 7.93. The lowest BCUT2D eigenvalue weighted by Gasteiger charge is -2.07. The lowest BCUT2D eigenvalue weighted by atomic mass is 10.3. The van der Waals surface area contributed by atoms with Gasteiger partial charge in [0.25, 0.3) is 0 Å². The summed E-state index contributed by atoms with van der Waals surface area (Å²) in [5.41, 5.74) is 0. The molecule has 0 saturated heterocycles. The smallest absolute Gasteiger partial charge is 0.136 e. The van der Waals surface area contributed by atoms with Crippen LogP contribution in [0.2, 0.25) is 0 Å². The molecule has 0 bridgehead atoms. The van der Waals surface area contributed by atoms with Crippen molar-refractivity contribution in [3.8, 4) is 11.5 Å². The molecule has 20 heavy (non-hydrogen) atoms. The van der Waals surface area contributed by atoms with Gasteiger partial charge in [-0.2, -0.15) is 0 Å². The molecule has 0 heterocycles. The molecule has 0 fully saturated rings. The van der Waals surface area contributed by atoms with Crippen LogP contribution in [0.3, 0.4) is 0 Å². The predicted molar refractivity (Wildman–Crippen MR) is 82.1 cm³/mol. The molecule has 0 aromatic heterocycles. The number of hydrogen-bond donors (Lipinski definition) is 0. The van der Waals surface area contributed by atoms with E-state index in [2.05, 4.69) is 0 Å². The van der Waals surface area contributed by atoms with Crippen LogP contribution in [-0.4, -0.2) is 13.2 Å². The largest absolute Gasteiger partial charge is 0.494 e. The van der Waals surface area contributed by atoms with E-state index < -0.39 is 7.80 Å². The lowest BCUT2D eigenvalue weighted by Crippen LogP contribution is -2.08. The maximum Gasteiger partial charge on any atom is 0.136 e. The highest BCUT2D eigenvalue weighted by molar-refractivity contribution is 7.61. The highest BCUT2D eigenvalue weighted by Gasteiger charge is 2.10. The Bertz CT molecular complexity index is 544. The Hall–Kier alpha value is -1.86. The van der Waals surface area contributed by atoms with Gasteiger partial charge in [-0.05, 0) is 50.2 Å². The summed E-state index contributed by atoms with van der Waals surface area (Å²) in [6, 6.07) is 14.8. The monoisotopic (exact) mass is 289 g/mol. The summed E-state index contributed by atoms with van der Waals surface area (Å²) in [6.45, 7) is 5.05. The molecule has 0 saturated carbocycles. The number of rotatable bonds is 6. The third-order valence-corrected chi connectivity index (χ3v) is 4.22. The van der Waals surface area contributed by atoms with Gasteiger partial charge in [0.2, 0.25) is 0 Å². The molecule has 4 heteroatoms. The first kappa shape index (κ1) is 14.5. The van der Waals surface area contributed by atoms with Crippen molar-refractivity contribution in [1.82, 2.24) is 0 Å². The van der Waals surface area contributed by atoms with Crippen molar-refractivity contribution < 1.29 is 14.0 Å². The van der Waals surface area contributed by atoms with Crippen LogP contribution in [0.1, 0.15) is 13.8 Å². The van der Waals surface area contributed by atoms with Gasteiger partial charge in [0.15, 0.2) is 0 Å². The van der Waals surface area contributed by atoms with E-state index in [4.69, 9.17) is 9.47 Å². The van der Waals surface area contributed by atoms with E-state index in [1.165, 1.54) is 0 Å². The van der Waals surface area contributed by atoms with Gasteiger partial charge in [0, 0.05) is 10.6 Å². The predicted octanol–water partition coefficient (Wildman–Crippen LogP) is 3.26. The SMILES string of the molecule is CCOc1cccc([P](=O)c2cccc(OCC)c2)c1. The maximum absolute atomic E-state index is 12.6. The molecular formula is C16H18O3P. The zero-order valence-corrected chi connectivity index (χ0v) is 12.6. The zero-order valence-electron chi connectivity index (χ0n) is 11.7. The van der Waals surface area contributed by atoms with Gasteiger partial charge in [0.05, 0.1) is 13.2 Å². The van der Waals surface area contributed by atoms with Crippen molar-refractivity contribution in [2.24, 2.45) is 0 Å². The second-order valence-electron chi connectivity index (χ2n) is 4.16. The topological polar surface area (TPSA) is 35.5 Å². The average molecular weight is 289 g/mol. The van der Waals surface area contributed by atoms with Crippen LogP contribution in [0.5, 0.6) is 11.5 Å². The minimum atomic E-state index is -1.63. The van der Waals surface area contributed by atoms with Crippen molar-refractivity contribution in [1.29, 1.82) is 0 Å². The molecule has 0 aliphatic carbocycles. The first-order chi connectivity index (χ1) is 9.74. The van der Waals surface area contributed by atoms with Crippen molar-refractivity contribution in [3.63, 3.8) is 0 Å². The molecule has 0 unspecified atom stereocenters. The molecule has 0 N–H and O–H groups in total. The van der Waals surface area contributed by atoms with Crippen molar-refractivity contribution in [2.45, 2.75) is 13.8 Å². The van der Waals surface area contributed by atoms with Crippen molar-refractivity contribution in [2.75, 3.05) is 13.2 Å². The van der Waals surface area contributed by atoms with E-state index in [-0.39, 0.29) is 0 Å². The highest BCUT2D eigenvalue weighted by Crippen LogP contribution is 2.24. The number of hydrogen-bond acceptors (Lipinski definition) is 3. The molecule has 0 atom stereocenters. The van der Waals surface area contributed by atoms with Gasteiger partial charge < -0.3 is 9.47 Å². The molecule has 2 aromatic rings. The fourth-order valence-electron chi connectivity index (χ4n) is 1.88. The summed E-state index contributed by atoms with van der Waals surface area (Å²) >= 11 is 0. The van der Waals surface area contributed by atoms with E-state index in [0.717, 1.165) is 22.1 Å². The number of ether oxygens (including phenoxy) is 2. The average Bonchev–Trinajstić information content (AvgIpc) is 2.48. The normalized spacial score (nSPS) is 10.1. The Morgan fingerprint density at radius 2 is 1.30 bits per heavy atom. The van der Waals surface area contributed by atoms with Crippen LogP contribution >= 0.6 is 7.80 Å². The summed E-state index contributed by atoms with van der Waals surface area (Å²) < 4.78 is 23.5. The fraction of sp³-hybridized carbons (Fsp3) is 0.250. The van der Waals surface area contributed by atoms with Gasteiger partial charge in [-0.3, -0.25) is 4.57 Å². The third kappa shape index (κ3) is 3.58. The van der Waals surface area contributed by atoms with Gasteiger partial charge in [-0.15, -0.1) is 0 Å². The van der Waals surface area contributed by atoms with Crippen LogP contribution in [0, 0.1) is 0 Å². The second-order valence-corrected chi connectivity index (χ2v) is 5.78. The summed E-state index contributed by atoms with van der Waals surface area (Å²) in [5.74, 6) is 1.49. The van der Waals surface area contributed by atoms with Crippen LogP contribution in [0.15, 0.2) is 48.5 Å². The molecule has 3 nitrogen and oxygen atoms in total. The van der Waals surface area contributed by atoms with E-state index in [9.17, 15) is 4.57 Å². The molecule has 0 amide bonds. The Balaban J connectivity index is 2.26. The molecule has 1 radical (unpaired) electrons. The molecular weight excluding hydrogens is 271 g/mol. The standard InChI is InChI=1S/C16H18O3P/c1-3-18-13-7-5-9-15(11-13)20(17)16-10-6-8-14(12-16)19-4-2/h5-12H,3-4H2,1-2H3. The molecule has 105 valence electrons. The second kappa shape index (κ2) is 7.06. The number of benzene rings is 2. The summed E-state index contributed by atoms with van der Waals surface area (Å²) in [7, 11) is -1.63. The first-order valence-electron chi connectivity index (χ1n) is 6.67. The van der Waals surface area contributed by atoms with Gasteiger partial charge in [-0.25, -0.2) is 0 Å². The summed E-state index contributed by atoms with van der Waals surface area (Å²) in [6.07, 6.45) is 0. The van der Waals surface area contributed by atoms with E-state index in [1.54, 1.807) is 0 Å². The summed E-state index contributed by atoms with van der Waals surface area (Å²) in [5, 5.41) is 1.53. The lowest BCUT2D eigenvalue weighted by molar-refractivity contribution is 0.340. The molecule has 0 aliphatic heterocycles. The fourth-order valence-corrected chi connectivity index (χ4v) is 3.11. The van der Waals surface area contributed by atoms with Crippen LogP contribution in [0.25, 0.3) is 0 Å². The zero-order chi connectivity index (χ0) is 14.4. The Morgan fingerprint density at radius 1 is 0.850 bits per heavy atom. The van der Waals surface area contributed by atoms with Crippen molar-refractivity contribution in [3.05, 3.63) is 48.5 Å². The minimum absolute atomic E-state index is 0.597.